The van der Waals surface area contributed by atoms with Gasteiger partial charge in [0.2, 0.25) is 15.9 Å². The average molecular weight is 333 g/mol. The Morgan fingerprint density at radius 2 is 2.38 bits per heavy atom. The highest BCUT2D eigenvalue weighted by atomic mass is 32.2. The third kappa shape index (κ3) is 4.94. The zero-order valence-corrected chi connectivity index (χ0v) is 13.4. The fourth-order valence-electron chi connectivity index (χ4n) is 2.30. The summed E-state index contributed by atoms with van der Waals surface area (Å²) >= 11 is 1.16. The minimum absolute atomic E-state index is 0.0376. The number of likely N-dealkylation sites (tertiary alicyclic amines) is 1. The van der Waals surface area contributed by atoms with E-state index in [1.54, 1.807) is 10.3 Å². The van der Waals surface area contributed by atoms with Crippen LogP contribution in [0.2, 0.25) is 0 Å². The van der Waals surface area contributed by atoms with Crippen LogP contribution in [0.15, 0.2) is 5.38 Å². The molecule has 2 heterocycles. The van der Waals surface area contributed by atoms with Gasteiger partial charge in [0.15, 0.2) is 5.13 Å². The maximum Gasteiger partial charge on any atom is 0.231 e. The molecule has 0 aliphatic carbocycles. The Labute approximate surface area is 128 Å². The lowest BCUT2D eigenvalue weighted by atomic mass is 9.99. The van der Waals surface area contributed by atoms with Crippen molar-refractivity contribution >= 4 is 32.4 Å². The second kappa shape index (κ2) is 6.71. The molecule has 1 aromatic rings. The molecule has 2 rings (SSSR count). The number of carbonyl (C=O) groups is 1. The molecule has 118 valence electrons. The number of hydrogen-bond donors (Lipinski definition) is 2. The van der Waals surface area contributed by atoms with Crippen molar-refractivity contribution < 1.29 is 18.3 Å². The van der Waals surface area contributed by atoms with Gasteiger partial charge in [-0.05, 0) is 18.8 Å². The fourth-order valence-corrected chi connectivity index (χ4v) is 3.86. The monoisotopic (exact) mass is 333 g/mol. The Balaban J connectivity index is 1.93. The minimum atomic E-state index is -3.35. The van der Waals surface area contributed by atoms with E-state index in [-0.39, 0.29) is 30.0 Å². The van der Waals surface area contributed by atoms with Crippen LogP contribution in [0.25, 0.3) is 0 Å². The largest absolute Gasteiger partial charge is 0.396 e. The highest BCUT2D eigenvalue weighted by Crippen LogP contribution is 2.19. The van der Waals surface area contributed by atoms with Gasteiger partial charge in [0, 0.05) is 25.1 Å². The van der Waals surface area contributed by atoms with Crippen molar-refractivity contribution in [3.05, 3.63) is 11.1 Å². The smallest absolute Gasteiger partial charge is 0.231 e. The van der Waals surface area contributed by atoms with Crippen LogP contribution in [0, 0.1) is 5.92 Å². The van der Waals surface area contributed by atoms with Crippen molar-refractivity contribution in [2.24, 2.45) is 5.92 Å². The van der Waals surface area contributed by atoms with Crippen molar-refractivity contribution in [1.82, 2.24) is 9.88 Å². The average Bonchev–Trinajstić information content (AvgIpc) is 2.83. The summed E-state index contributed by atoms with van der Waals surface area (Å²) in [5.74, 6) is 0.116. The van der Waals surface area contributed by atoms with Gasteiger partial charge in [0.05, 0.1) is 18.4 Å². The van der Waals surface area contributed by atoms with Crippen LogP contribution in [-0.4, -0.2) is 55.3 Å². The molecule has 1 aliphatic heterocycles. The fraction of sp³-hybridized carbons (Fsp3) is 0.667. The molecule has 1 unspecified atom stereocenters. The number of nitrogens with zero attached hydrogens (tertiary/aromatic N) is 2. The summed E-state index contributed by atoms with van der Waals surface area (Å²) in [6.07, 6.45) is 3.05. The van der Waals surface area contributed by atoms with E-state index in [9.17, 15) is 18.3 Å². The SMILES string of the molecule is CS(=O)(=O)Nc1nc(CC(=O)N2CCCC(CO)C2)cs1. The Morgan fingerprint density at radius 3 is 3.05 bits per heavy atom. The van der Waals surface area contributed by atoms with E-state index in [2.05, 4.69) is 9.71 Å². The molecular weight excluding hydrogens is 314 g/mol. The molecule has 1 atom stereocenters. The first-order valence-corrected chi connectivity index (χ1v) is 9.45. The predicted molar refractivity (Wildman–Crippen MR) is 80.7 cm³/mol. The Morgan fingerprint density at radius 1 is 1.62 bits per heavy atom. The number of piperidine rings is 1. The number of aromatic nitrogens is 1. The van der Waals surface area contributed by atoms with Gasteiger partial charge in [-0.2, -0.15) is 0 Å². The summed E-state index contributed by atoms with van der Waals surface area (Å²) in [6.45, 7) is 1.38. The van der Waals surface area contributed by atoms with Crippen LogP contribution in [0.3, 0.4) is 0 Å². The normalized spacial score (nSPS) is 19.5. The molecule has 1 amide bonds. The highest BCUT2D eigenvalue weighted by Gasteiger charge is 2.23. The summed E-state index contributed by atoms with van der Waals surface area (Å²) < 4.78 is 24.5. The van der Waals surface area contributed by atoms with E-state index in [1.807, 2.05) is 0 Å². The molecule has 1 fully saturated rings. The maximum absolute atomic E-state index is 12.2. The molecule has 0 spiro atoms. The van der Waals surface area contributed by atoms with Crippen LogP contribution in [0.1, 0.15) is 18.5 Å². The molecule has 2 N–H and O–H groups in total. The summed E-state index contributed by atoms with van der Waals surface area (Å²) in [5, 5.41) is 11.1. The highest BCUT2D eigenvalue weighted by molar-refractivity contribution is 7.92. The number of carbonyl (C=O) groups excluding carboxylic acids is 1. The van der Waals surface area contributed by atoms with E-state index >= 15 is 0 Å². The molecule has 9 heteroatoms. The molecule has 0 aromatic carbocycles. The molecule has 1 aliphatic rings. The summed E-state index contributed by atoms with van der Waals surface area (Å²) in [6, 6.07) is 0. The predicted octanol–water partition coefficient (Wildman–Crippen LogP) is 0.288. The second-order valence-electron chi connectivity index (χ2n) is 5.23. The molecule has 0 radical (unpaired) electrons. The van der Waals surface area contributed by atoms with E-state index in [1.165, 1.54) is 0 Å². The quantitative estimate of drug-likeness (QED) is 0.807. The van der Waals surface area contributed by atoms with Gasteiger partial charge in [0.1, 0.15) is 0 Å². The Hall–Kier alpha value is -1.19. The van der Waals surface area contributed by atoms with Crippen LogP contribution in [-0.2, 0) is 21.2 Å². The van der Waals surface area contributed by atoms with E-state index in [4.69, 9.17) is 0 Å². The number of aliphatic hydroxyl groups excluding tert-OH is 1. The first-order chi connectivity index (χ1) is 9.87. The summed E-state index contributed by atoms with van der Waals surface area (Å²) in [7, 11) is -3.35. The van der Waals surface area contributed by atoms with Crippen molar-refractivity contribution in [3.63, 3.8) is 0 Å². The molecule has 21 heavy (non-hydrogen) atoms. The lowest BCUT2D eigenvalue weighted by Gasteiger charge is -2.31. The van der Waals surface area contributed by atoms with Gasteiger partial charge < -0.3 is 10.0 Å². The number of hydrogen-bond acceptors (Lipinski definition) is 6. The zero-order chi connectivity index (χ0) is 15.5. The maximum atomic E-state index is 12.2. The number of rotatable bonds is 5. The van der Waals surface area contributed by atoms with Gasteiger partial charge in [-0.25, -0.2) is 13.4 Å². The van der Waals surface area contributed by atoms with Crippen molar-refractivity contribution in [2.75, 3.05) is 30.7 Å². The van der Waals surface area contributed by atoms with Crippen LogP contribution in [0.4, 0.5) is 5.13 Å². The number of anilines is 1. The van der Waals surface area contributed by atoms with E-state index in [0.717, 1.165) is 30.4 Å². The first-order valence-electron chi connectivity index (χ1n) is 6.68. The summed E-state index contributed by atoms with van der Waals surface area (Å²) in [5.41, 5.74) is 0.558. The van der Waals surface area contributed by atoms with Gasteiger partial charge >= 0.3 is 0 Å². The lowest BCUT2D eigenvalue weighted by molar-refractivity contribution is -0.132. The Kier molecular flexibility index (Phi) is 5.17. The number of nitrogens with one attached hydrogen (secondary N) is 1. The van der Waals surface area contributed by atoms with Gasteiger partial charge in [-0.15, -0.1) is 11.3 Å². The number of thiazole rings is 1. The molecule has 0 bridgehead atoms. The standard InChI is InChI=1S/C12H19N3O4S2/c1-21(18,19)14-12-13-10(8-20-12)5-11(17)15-4-2-3-9(6-15)7-16/h8-9,16H,2-7H2,1H3,(H,13,14). The first kappa shape index (κ1) is 16.2. The third-order valence-electron chi connectivity index (χ3n) is 3.29. The third-order valence-corrected chi connectivity index (χ3v) is 4.79. The van der Waals surface area contributed by atoms with Gasteiger partial charge in [-0.1, -0.05) is 0 Å². The zero-order valence-electron chi connectivity index (χ0n) is 11.8. The van der Waals surface area contributed by atoms with Gasteiger partial charge in [0.25, 0.3) is 0 Å². The molecule has 1 saturated heterocycles. The molecular formula is C12H19N3O4S2. The van der Waals surface area contributed by atoms with Crippen molar-refractivity contribution in [2.45, 2.75) is 19.3 Å². The molecule has 7 nitrogen and oxygen atoms in total. The van der Waals surface area contributed by atoms with Crippen LogP contribution >= 0.6 is 11.3 Å². The van der Waals surface area contributed by atoms with E-state index in [0.29, 0.717) is 18.8 Å². The molecule has 1 aromatic heterocycles. The van der Waals surface area contributed by atoms with Crippen LogP contribution in [0.5, 0.6) is 0 Å². The topological polar surface area (TPSA) is 99.6 Å². The van der Waals surface area contributed by atoms with Crippen molar-refractivity contribution in [3.8, 4) is 0 Å². The minimum Gasteiger partial charge on any atom is -0.396 e. The van der Waals surface area contributed by atoms with Crippen LogP contribution < -0.4 is 4.72 Å². The van der Waals surface area contributed by atoms with Crippen molar-refractivity contribution in [1.29, 1.82) is 0 Å². The Bertz CT molecular complexity index is 599. The number of amides is 1. The summed E-state index contributed by atoms with van der Waals surface area (Å²) in [4.78, 5) is 18.0. The molecule has 0 saturated carbocycles. The number of sulfonamides is 1. The lowest BCUT2D eigenvalue weighted by Crippen LogP contribution is -2.41. The number of aliphatic hydroxyl groups is 1. The van der Waals surface area contributed by atoms with Gasteiger partial charge in [-0.3, -0.25) is 9.52 Å². The van der Waals surface area contributed by atoms with E-state index < -0.39 is 10.0 Å². The second-order valence-corrected chi connectivity index (χ2v) is 7.83.